The average Bonchev–Trinajstić information content (AvgIpc) is 2.49. The molecule has 4 heteroatoms. The van der Waals surface area contributed by atoms with Gasteiger partial charge in [-0.2, -0.15) is 0 Å². The van der Waals surface area contributed by atoms with E-state index in [4.69, 9.17) is 15.3 Å². The van der Waals surface area contributed by atoms with Gasteiger partial charge in [-0.3, -0.25) is 4.79 Å². The lowest BCUT2D eigenvalue weighted by atomic mass is 10.1. The highest BCUT2D eigenvalue weighted by Gasteiger charge is 2.10. The van der Waals surface area contributed by atoms with E-state index in [0.29, 0.717) is 12.8 Å². The van der Waals surface area contributed by atoms with Crippen LogP contribution in [0, 0.1) is 6.92 Å². The standard InChI is InChI=1S/C10H15NO3/c1-7-4-5-14-9(7)6-8(11)2-3-10(12)13/h4-5,8H,2-3,6,11H2,1H3,(H,12,13). The van der Waals surface area contributed by atoms with Crippen LogP contribution in [-0.4, -0.2) is 17.1 Å². The molecule has 4 nitrogen and oxygen atoms in total. The molecule has 78 valence electrons. The zero-order chi connectivity index (χ0) is 10.6. The predicted molar refractivity (Wildman–Crippen MR) is 52.0 cm³/mol. The Morgan fingerprint density at radius 3 is 2.93 bits per heavy atom. The van der Waals surface area contributed by atoms with Crippen LogP contribution >= 0.6 is 0 Å². The zero-order valence-electron chi connectivity index (χ0n) is 8.19. The van der Waals surface area contributed by atoms with E-state index in [1.807, 2.05) is 13.0 Å². The Balaban J connectivity index is 2.37. The number of rotatable bonds is 5. The fourth-order valence-electron chi connectivity index (χ4n) is 1.26. The molecule has 1 aromatic rings. The predicted octanol–water partition coefficient (Wildman–Crippen LogP) is 1.32. The molecule has 0 bridgehead atoms. The third kappa shape index (κ3) is 3.22. The van der Waals surface area contributed by atoms with Crippen LogP contribution in [0.25, 0.3) is 0 Å². The summed E-state index contributed by atoms with van der Waals surface area (Å²) in [5.74, 6) is 0.0412. The normalized spacial score (nSPS) is 12.7. The first kappa shape index (κ1) is 10.8. The SMILES string of the molecule is Cc1ccoc1CC(N)CCC(=O)O. The van der Waals surface area contributed by atoms with E-state index in [1.165, 1.54) is 0 Å². The topological polar surface area (TPSA) is 76.5 Å². The molecule has 0 aliphatic heterocycles. The molecule has 0 spiro atoms. The molecule has 0 fully saturated rings. The largest absolute Gasteiger partial charge is 0.481 e. The van der Waals surface area contributed by atoms with Gasteiger partial charge < -0.3 is 15.3 Å². The van der Waals surface area contributed by atoms with Gasteiger partial charge in [0.15, 0.2) is 0 Å². The number of nitrogens with two attached hydrogens (primary N) is 1. The van der Waals surface area contributed by atoms with Crippen molar-refractivity contribution in [3.05, 3.63) is 23.7 Å². The minimum atomic E-state index is -0.809. The van der Waals surface area contributed by atoms with E-state index < -0.39 is 5.97 Å². The molecule has 3 N–H and O–H groups in total. The zero-order valence-corrected chi connectivity index (χ0v) is 8.19. The van der Waals surface area contributed by atoms with Gasteiger partial charge in [-0.25, -0.2) is 0 Å². The van der Waals surface area contributed by atoms with Crippen LogP contribution in [0.3, 0.4) is 0 Å². The van der Waals surface area contributed by atoms with E-state index >= 15 is 0 Å². The second-order valence-electron chi connectivity index (χ2n) is 3.42. The van der Waals surface area contributed by atoms with Crippen molar-refractivity contribution in [1.29, 1.82) is 0 Å². The van der Waals surface area contributed by atoms with Gasteiger partial charge in [0.25, 0.3) is 0 Å². The second-order valence-corrected chi connectivity index (χ2v) is 3.42. The van der Waals surface area contributed by atoms with Crippen molar-refractivity contribution in [3.63, 3.8) is 0 Å². The summed E-state index contributed by atoms with van der Waals surface area (Å²) in [7, 11) is 0. The molecule has 0 saturated heterocycles. The van der Waals surface area contributed by atoms with E-state index in [9.17, 15) is 4.79 Å². The molecule has 1 rings (SSSR count). The Kier molecular flexibility index (Phi) is 3.71. The van der Waals surface area contributed by atoms with E-state index in [-0.39, 0.29) is 12.5 Å². The van der Waals surface area contributed by atoms with Crippen molar-refractivity contribution in [1.82, 2.24) is 0 Å². The summed E-state index contributed by atoms with van der Waals surface area (Å²) >= 11 is 0. The van der Waals surface area contributed by atoms with E-state index in [1.54, 1.807) is 6.26 Å². The van der Waals surface area contributed by atoms with Gasteiger partial charge in [-0.15, -0.1) is 0 Å². The van der Waals surface area contributed by atoms with Gasteiger partial charge in [0, 0.05) is 18.9 Å². The first-order valence-corrected chi connectivity index (χ1v) is 4.60. The highest BCUT2D eigenvalue weighted by molar-refractivity contribution is 5.66. The summed E-state index contributed by atoms with van der Waals surface area (Å²) in [6.45, 7) is 1.95. The van der Waals surface area contributed by atoms with Crippen LogP contribution in [0.1, 0.15) is 24.2 Å². The van der Waals surface area contributed by atoms with Crippen LogP contribution in [0.5, 0.6) is 0 Å². The molecule has 0 amide bonds. The minimum absolute atomic E-state index is 0.112. The molecule has 0 aromatic carbocycles. The molecule has 0 radical (unpaired) electrons. The summed E-state index contributed by atoms with van der Waals surface area (Å²) in [6, 6.07) is 1.73. The number of aliphatic carboxylic acids is 1. The highest BCUT2D eigenvalue weighted by Crippen LogP contribution is 2.12. The molecular weight excluding hydrogens is 182 g/mol. The van der Waals surface area contributed by atoms with Crippen LogP contribution in [0.4, 0.5) is 0 Å². The summed E-state index contributed by atoms with van der Waals surface area (Å²) < 4.78 is 5.21. The molecular formula is C10H15NO3. The van der Waals surface area contributed by atoms with Crippen molar-refractivity contribution in [2.24, 2.45) is 5.73 Å². The summed E-state index contributed by atoms with van der Waals surface area (Å²) in [5.41, 5.74) is 6.82. The molecule has 14 heavy (non-hydrogen) atoms. The molecule has 0 aliphatic carbocycles. The molecule has 0 aliphatic rings. The summed E-state index contributed by atoms with van der Waals surface area (Å²) in [6.07, 6.45) is 2.82. The van der Waals surface area contributed by atoms with Crippen LogP contribution in [0.2, 0.25) is 0 Å². The van der Waals surface area contributed by atoms with Gasteiger partial charge in [-0.1, -0.05) is 0 Å². The smallest absolute Gasteiger partial charge is 0.303 e. The molecule has 1 atom stereocenters. The van der Waals surface area contributed by atoms with Crippen molar-refractivity contribution in [2.75, 3.05) is 0 Å². The number of carboxylic acid groups (broad SMARTS) is 1. The van der Waals surface area contributed by atoms with Gasteiger partial charge in [0.1, 0.15) is 5.76 Å². The third-order valence-electron chi connectivity index (χ3n) is 2.14. The number of furan rings is 1. The average molecular weight is 197 g/mol. The maximum absolute atomic E-state index is 10.3. The first-order valence-electron chi connectivity index (χ1n) is 4.60. The molecule has 1 unspecified atom stereocenters. The summed E-state index contributed by atoms with van der Waals surface area (Å²) in [5, 5.41) is 8.46. The fraction of sp³-hybridized carbons (Fsp3) is 0.500. The van der Waals surface area contributed by atoms with Crippen LogP contribution < -0.4 is 5.73 Å². The van der Waals surface area contributed by atoms with Gasteiger partial charge in [0.05, 0.1) is 6.26 Å². The molecule has 0 saturated carbocycles. The van der Waals surface area contributed by atoms with Gasteiger partial charge in [-0.05, 0) is 25.0 Å². The Labute approximate surface area is 82.7 Å². The molecule has 1 aromatic heterocycles. The van der Waals surface area contributed by atoms with E-state index in [2.05, 4.69) is 0 Å². The summed E-state index contributed by atoms with van der Waals surface area (Å²) in [4.78, 5) is 10.3. The van der Waals surface area contributed by atoms with Gasteiger partial charge >= 0.3 is 5.97 Å². The maximum atomic E-state index is 10.3. The van der Waals surface area contributed by atoms with Crippen LogP contribution in [0.15, 0.2) is 16.7 Å². The van der Waals surface area contributed by atoms with Crippen molar-refractivity contribution in [3.8, 4) is 0 Å². The monoisotopic (exact) mass is 197 g/mol. The number of aryl methyl sites for hydroxylation is 1. The number of hydrogen-bond donors (Lipinski definition) is 2. The Bertz CT molecular complexity index is 306. The highest BCUT2D eigenvalue weighted by atomic mass is 16.4. The first-order chi connectivity index (χ1) is 6.59. The van der Waals surface area contributed by atoms with Crippen molar-refractivity contribution in [2.45, 2.75) is 32.2 Å². The molecule has 1 heterocycles. The number of hydrogen-bond acceptors (Lipinski definition) is 3. The Morgan fingerprint density at radius 1 is 1.71 bits per heavy atom. The lowest BCUT2D eigenvalue weighted by molar-refractivity contribution is -0.137. The lowest BCUT2D eigenvalue weighted by Gasteiger charge is -2.08. The fourth-order valence-corrected chi connectivity index (χ4v) is 1.26. The van der Waals surface area contributed by atoms with Gasteiger partial charge in [0.2, 0.25) is 0 Å². The van der Waals surface area contributed by atoms with Crippen molar-refractivity contribution >= 4 is 5.97 Å². The lowest BCUT2D eigenvalue weighted by Crippen LogP contribution is -2.23. The Morgan fingerprint density at radius 2 is 2.43 bits per heavy atom. The second kappa shape index (κ2) is 4.81. The minimum Gasteiger partial charge on any atom is -0.481 e. The van der Waals surface area contributed by atoms with Crippen LogP contribution in [-0.2, 0) is 11.2 Å². The maximum Gasteiger partial charge on any atom is 0.303 e. The Hall–Kier alpha value is -1.29. The number of carboxylic acids is 1. The third-order valence-corrected chi connectivity index (χ3v) is 2.14. The van der Waals surface area contributed by atoms with E-state index in [0.717, 1.165) is 11.3 Å². The van der Waals surface area contributed by atoms with Crippen molar-refractivity contribution < 1.29 is 14.3 Å². The quantitative estimate of drug-likeness (QED) is 0.746. The number of carbonyl (C=O) groups is 1.